The first kappa shape index (κ1) is 15.1. The SMILES string of the molecule is Cc1ccccc1C(=O)N1CC(C(=O)NN)Oc2ccccc21. The fourth-order valence-corrected chi connectivity index (χ4v) is 2.61. The van der Waals surface area contributed by atoms with Crippen LogP contribution in [0.15, 0.2) is 48.5 Å². The van der Waals surface area contributed by atoms with E-state index in [1.807, 2.05) is 31.2 Å². The number of hydrogen-bond acceptors (Lipinski definition) is 4. The highest BCUT2D eigenvalue weighted by atomic mass is 16.5. The highest BCUT2D eigenvalue weighted by molar-refractivity contribution is 6.08. The molecule has 0 spiro atoms. The molecule has 6 nitrogen and oxygen atoms in total. The second-order valence-electron chi connectivity index (χ2n) is 5.31. The van der Waals surface area contributed by atoms with E-state index in [1.54, 1.807) is 29.2 Å². The number of nitrogens with one attached hydrogen (secondary N) is 1. The molecule has 0 aliphatic carbocycles. The van der Waals surface area contributed by atoms with E-state index in [4.69, 9.17) is 10.6 Å². The zero-order valence-corrected chi connectivity index (χ0v) is 12.7. The van der Waals surface area contributed by atoms with E-state index in [-0.39, 0.29) is 12.5 Å². The number of carbonyl (C=O) groups excluding carboxylic acids is 2. The Hall–Kier alpha value is -2.86. The molecule has 0 saturated carbocycles. The van der Waals surface area contributed by atoms with Crippen LogP contribution in [0.2, 0.25) is 0 Å². The summed E-state index contributed by atoms with van der Waals surface area (Å²) in [7, 11) is 0. The first-order chi connectivity index (χ1) is 11.1. The van der Waals surface area contributed by atoms with Gasteiger partial charge in [0, 0.05) is 5.56 Å². The molecule has 1 aliphatic heterocycles. The van der Waals surface area contributed by atoms with Crippen LogP contribution in [0, 0.1) is 6.92 Å². The Balaban J connectivity index is 2.01. The van der Waals surface area contributed by atoms with Gasteiger partial charge in [0.25, 0.3) is 11.8 Å². The minimum atomic E-state index is -0.845. The Bertz CT molecular complexity index is 760. The van der Waals surface area contributed by atoms with Gasteiger partial charge in [0.1, 0.15) is 5.75 Å². The van der Waals surface area contributed by atoms with Crippen LogP contribution in [0.1, 0.15) is 15.9 Å². The van der Waals surface area contributed by atoms with E-state index in [9.17, 15) is 9.59 Å². The van der Waals surface area contributed by atoms with Gasteiger partial charge in [-0.15, -0.1) is 0 Å². The van der Waals surface area contributed by atoms with Crippen molar-refractivity contribution in [2.45, 2.75) is 13.0 Å². The van der Waals surface area contributed by atoms with Crippen LogP contribution >= 0.6 is 0 Å². The second-order valence-corrected chi connectivity index (χ2v) is 5.31. The van der Waals surface area contributed by atoms with Crippen molar-refractivity contribution in [2.24, 2.45) is 5.84 Å². The Morgan fingerprint density at radius 1 is 1.17 bits per heavy atom. The normalized spacial score (nSPS) is 16.3. The summed E-state index contributed by atoms with van der Waals surface area (Å²) in [6.07, 6.45) is -0.845. The summed E-state index contributed by atoms with van der Waals surface area (Å²) in [5.74, 6) is 5.03. The first-order valence-corrected chi connectivity index (χ1v) is 7.25. The molecule has 6 heteroatoms. The van der Waals surface area contributed by atoms with E-state index >= 15 is 0 Å². The van der Waals surface area contributed by atoms with Crippen LogP contribution in [-0.2, 0) is 4.79 Å². The van der Waals surface area contributed by atoms with Gasteiger partial charge in [-0.05, 0) is 30.7 Å². The van der Waals surface area contributed by atoms with Crippen LogP contribution < -0.4 is 20.9 Å². The minimum Gasteiger partial charge on any atom is -0.476 e. The van der Waals surface area contributed by atoms with Gasteiger partial charge in [-0.2, -0.15) is 0 Å². The number of nitrogens with zero attached hydrogens (tertiary/aromatic N) is 1. The zero-order valence-electron chi connectivity index (χ0n) is 12.7. The maximum atomic E-state index is 12.9. The molecule has 118 valence electrons. The second kappa shape index (κ2) is 6.10. The Morgan fingerprint density at radius 3 is 2.61 bits per heavy atom. The fourth-order valence-electron chi connectivity index (χ4n) is 2.61. The number of fused-ring (bicyclic) bond motifs is 1. The molecule has 2 amide bonds. The summed E-state index contributed by atoms with van der Waals surface area (Å²) >= 11 is 0. The lowest BCUT2D eigenvalue weighted by Gasteiger charge is -2.34. The molecule has 0 radical (unpaired) electrons. The number of carbonyl (C=O) groups is 2. The summed E-state index contributed by atoms with van der Waals surface area (Å²) in [5, 5.41) is 0. The average Bonchev–Trinajstić information content (AvgIpc) is 2.60. The van der Waals surface area contributed by atoms with Crippen molar-refractivity contribution >= 4 is 17.5 Å². The van der Waals surface area contributed by atoms with Gasteiger partial charge in [0.2, 0.25) is 0 Å². The molecule has 0 fully saturated rings. The van der Waals surface area contributed by atoms with Crippen LogP contribution in [0.5, 0.6) is 5.75 Å². The molecule has 2 aromatic carbocycles. The molecule has 1 atom stereocenters. The van der Waals surface area contributed by atoms with Crippen molar-refractivity contribution in [1.82, 2.24) is 5.43 Å². The molecule has 1 unspecified atom stereocenters. The highest BCUT2D eigenvalue weighted by Crippen LogP contribution is 2.34. The molecule has 2 aromatic rings. The van der Waals surface area contributed by atoms with E-state index in [0.717, 1.165) is 5.56 Å². The van der Waals surface area contributed by atoms with Gasteiger partial charge in [-0.1, -0.05) is 30.3 Å². The molecule has 1 heterocycles. The van der Waals surface area contributed by atoms with Gasteiger partial charge in [-0.25, -0.2) is 5.84 Å². The molecule has 3 N–H and O–H groups in total. The largest absolute Gasteiger partial charge is 0.476 e. The molecule has 3 rings (SSSR count). The van der Waals surface area contributed by atoms with Crippen molar-refractivity contribution in [2.75, 3.05) is 11.4 Å². The van der Waals surface area contributed by atoms with Gasteiger partial charge >= 0.3 is 0 Å². The maximum Gasteiger partial charge on any atom is 0.276 e. The van der Waals surface area contributed by atoms with Gasteiger partial charge in [-0.3, -0.25) is 15.0 Å². The first-order valence-electron chi connectivity index (χ1n) is 7.25. The van der Waals surface area contributed by atoms with Crippen molar-refractivity contribution in [3.05, 3.63) is 59.7 Å². The summed E-state index contributed by atoms with van der Waals surface area (Å²) in [4.78, 5) is 26.4. The monoisotopic (exact) mass is 311 g/mol. The van der Waals surface area contributed by atoms with Crippen LogP contribution in [0.25, 0.3) is 0 Å². The molecule has 0 saturated heterocycles. The predicted molar refractivity (Wildman–Crippen MR) is 86.0 cm³/mol. The number of benzene rings is 2. The van der Waals surface area contributed by atoms with Gasteiger partial charge in [0.15, 0.2) is 6.10 Å². The van der Waals surface area contributed by atoms with E-state index in [0.29, 0.717) is 17.0 Å². The molecular formula is C17H17N3O3. The van der Waals surface area contributed by atoms with Crippen molar-refractivity contribution in [3.63, 3.8) is 0 Å². The standard InChI is InChI=1S/C17H17N3O3/c1-11-6-2-3-7-12(11)17(22)20-10-15(16(21)19-18)23-14-9-5-4-8-13(14)20/h2-9,15H,10,18H2,1H3,(H,19,21). The smallest absolute Gasteiger partial charge is 0.276 e. The third kappa shape index (κ3) is 2.76. The molecule has 0 aromatic heterocycles. The van der Waals surface area contributed by atoms with Crippen LogP contribution in [0.3, 0.4) is 0 Å². The Labute approximate surface area is 133 Å². The van der Waals surface area contributed by atoms with Gasteiger partial charge in [0.05, 0.1) is 12.2 Å². The number of nitrogens with two attached hydrogens (primary N) is 1. The number of amides is 2. The lowest BCUT2D eigenvalue weighted by atomic mass is 10.1. The zero-order chi connectivity index (χ0) is 16.4. The number of hydrogen-bond donors (Lipinski definition) is 2. The van der Waals surface area contributed by atoms with E-state index in [1.165, 1.54) is 0 Å². The Morgan fingerprint density at radius 2 is 1.87 bits per heavy atom. The number of ether oxygens (including phenoxy) is 1. The van der Waals surface area contributed by atoms with Gasteiger partial charge < -0.3 is 9.64 Å². The minimum absolute atomic E-state index is 0.104. The van der Waals surface area contributed by atoms with Crippen molar-refractivity contribution < 1.29 is 14.3 Å². The number of anilines is 1. The summed E-state index contributed by atoms with van der Waals surface area (Å²) in [6, 6.07) is 14.5. The number of rotatable bonds is 2. The summed E-state index contributed by atoms with van der Waals surface area (Å²) in [5.41, 5.74) is 4.18. The summed E-state index contributed by atoms with van der Waals surface area (Å²) < 4.78 is 5.65. The van der Waals surface area contributed by atoms with Crippen LogP contribution in [-0.4, -0.2) is 24.5 Å². The number of aryl methyl sites for hydroxylation is 1. The maximum absolute atomic E-state index is 12.9. The highest BCUT2D eigenvalue weighted by Gasteiger charge is 2.34. The number of para-hydroxylation sites is 2. The molecule has 0 bridgehead atoms. The van der Waals surface area contributed by atoms with E-state index in [2.05, 4.69) is 5.43 Å². The van der Waals surface area contributed by atoms with E-state index < -0.39 is 12.0 Å². The Kier molecular flexibility index (Phi) is 3.99. The summed E-state index contributed by atoms with van der Waals surface area (Å²) in [6.45, 7) is 1.98. The third-order valence-electron chi connectivity index (χ3n) is 3.83. The lowest BCUT2D eigenvalue weighted by molar-refractivity contribution is -0.127. The average molecular weight is 311 g/mol. The van der Waals surface area contributed by atoms with Crippen molar-refractivity contribution in [1.29, 1.82) is 0 Å². The van der Waals surface area contributed by atoms with Crippen LogP contribution in [0.4, 0.5) is 5.69 Å². The number of hydrazine groups is 1. The topological polar surface area (TPSA) is 84.7 Å². The van der Waals surface area contributed by atoms with Crippen molar-refractivity contribution in [3.8, 4) is 5.75 Å². The third-order valence-corrected chi connectivity index (χ3v) is 3.83. The lowest BCUT2D eigenvalue weighted by Crippen LogP contribution is -2.52. The molecule has 1 aliphatic rings. The fraction of sp³-hybridized carbons (Fsp3) is 0.176. The quantitative estimate of drug-likeness (QED) is 0.499. The molecule has 23 heavy (non-hydrogen) atoms. The molecular weight excluding hydrogens is 294 g/mol. The predicted octanol–water partition coefficient (Wildman–Crippen LogP) is 1.39.